The van der Waals surface area contributed by atoms with Crippen molar-refractivity contribution in [2.75, 3.05) is 0 Å². The van der Waals surface area contributed by atoms with Gasteiger partial charge in [-0.25, -0.2) is 0 Å². The molecule has 0 radical (unpaired) electrons. The van der Waals surface area contributed by atoms with Crippen molar-refractivity contribution in [1.82, 2.24) is 0 Å². The summed E-state index contributed by atoms with van der Waals surface area (Å²) in [4.78, 5) is 5.33. The average Bonchev–Trinajstić information content (AvgIpc) is 2.34. The number of hydrogen-bond donors (Lipinski definition) is 1. The first-order valence-corrected chi connectivity index (χ1v) is 7.96. The molecule has 0 aliphatic heterocycles. The molecule has 1 aromatic rings. The van der Waals surface area contributed by atoms with Gasteiger partial charge < -0.3 is 4.84 Å². The average molecular weight is 303 g/mol. The van der Waals surface area contributed by atoms with E-state index in [9.17, 15) is 0 Å². The molecule has 0 aromatic heterocycles. The highest BCUT2D eigenvalue weighted by Crippen LogP contribution is 2.49. The molecule has 2 nitrogen and oxygen atoms in total. The topological polar surface area (TPSA) is 35.2 Å². The molecule has 2 heteroatoms. The summed E-state index contributed by atoms with van der Waals surface area (Å²) in [7, 11) is 0. The van der Waals surface area contributed by atoms with Crippen LogP contribution in [0.15, 0.2) is 12.6 Å². The molecule has 0 aliphatic rings. The van der Waals surface area contributed by atoms with Gasteiger partial charge in [0.05, 0.1) is 0 Å². The van der Waals surface area contributed by atoms with Gasteiger partial charge in [-0.1, -0.05) is 68.0 Å². The number of rotatable bonds is 3. The molecule has 22 heavy (non-hydrogen) atoms. The monoisotopic (exact) mass is 303 g/mol. The molecule has 0 amide bonds. The van der Waals surface area contributed by atoms with Crippen molar-refractivity contribution in [3.05, 3.63) is 34.9 Å². The molecule has 0 spiro atoms. The summed E-state index contributed by atoms with van der Waals surface area (Å²) in [6.07, 6.45) is 1.83. The Morgan fingerprint density at radius 2 is 1.55 bits per heavy atom. The van der Waals surface area contributed by atoms with Crippen molar-refractivity contribution < 1.29 is 4.84 Å². The Balaban J connectivity index is 3.93. The molecule has 0 heterocycles. The van der Waals surface area contributed by atoms with Gasteiger partial charge in [-0.05, 0) is 40.4 Å². The van der Waals surface area contributed by atoms with E-state index in [2.05, 4.69) is 75.0 Å². The van der Waals surface area contributed by atoms with E-state index in [0.717, 1.165) is 11.3 Å². The molecular formula is C20H33NO. The smallest absolute Gasteiger partial charge is 0.158 e. The molecule has 1 aromatic carbocycles. The first kappa shape index (κ1) is 18.8. The highest BCUT2D eigenvalue weighted by molar-refractivity contribution is 5.65. The molecule has 0 fully saturated rings. The highest BCUT2D eigenvalue weighted by atomic mass is 16.6. The van der Waals surface area contributed by atoms with Gasteiger partial charge in [0, 0.05) is 11.1 Å². The van der Waals surface area contributed by atoms with Crippen LogP contribution in [-0.4, -0.2) is 0 Å². The summed E-state index contributed by atoms with van der Waals surface area (Å²) < 4.78 is 0. The second-order valence-electron chi connectivity index (χ2n) is 8.79. The second kappa shape index (κ2) is 5.73. The van der Waals surface area contributed by atoms with E-state index >= 15 is 0 Å². The van der Waals surface area contributed by atoms with Crippen LogP contribution in [0.2, 0.25) is 0 Å². The lowest BCUT2D eigenvalue weighted by atomic mass is 9.62. The van der Waals surface area contributed by atoms with E-state index in [4.69, 9.17) is 10.7 Å². The Morgan fingerprint density at radius 3 is 1.86 bits per heavy atom. The Morgan fingerprint density at radius 1 is 1.05 bits per heavy atom. The van der Waals surface area contributed by atoms with E-state index in [1.165, 1.54) is 16.7 Å². The van der Waals surface area contributed by atoms with Crippen LogP contribution in [-0.2, 0) is 10.8 Å². The third-order valence-corrected chi connectivity index (χ3v) is 5.21. The Kier molecular flexibility index (Phi) is 4.89. The standard InChI is InChI=1S/C20H33NO/c1-11-14-12-15(18(3,4)5)13(2)16(17(14)22-21)20(9,10)19(6,7)8/h11-12H,1,21H2,2-10H3. The van der Waals surface area contributed by atoms with Crippen molar-refractivity contribution >= 4 is 6.08 Å². The third-order valence-electron chi connectivity index (χ3n) is 5.21. The third kappa shape index (κ3) is 3.08. The fraction of sp³-hybridized carbons (Fsp3) is 0.600. The van der Waals surface area contributed by atoms with Gasteiger partial charge in [0.25, 0.3) is 0 Å². The summed E-state index contributed by atoms with van der Waals surface area (Å²) in [6, 6.07) is 2.16. The molecule has 0 atom stereocenters. The second-order valence-corrected chi connectivity index (χ2v) is 8.79. The number of benzene rings is 1. The van der Waals surface area contributed by atoms with Crippen LogP contribution in [0.5, 0.6) is 5.75 Å². The predicted octanol–water partition coefficient (Wildman–Crippen LogP) is 5.51. The molecular weight excluding hydrogens is 270 g/mol. The number of hydrogen-bond acceptors (Lipinski definition) is 2. The van der Waals surface area contributed by atoms with Crippen LogP contribution in [0.25, 0.3) is 6.08 Å². The lowest BCUT2D eigenvalue weighted by Gasteiger charge is -2.42. The molecule has 0 saturated carbocycles. The predicted molar refractivity (Wildman–Crippen MR) is 97.3 cm³/mol. The van der Waals surface area contributed by atoms with Crippen LogP contribution in [0.4, 0.5) is 0 Å². The molecule has 0 aliphatic carbocycles. The van der Waals surface area contributed by atoms with Crippen LogP contribution < -0.4 is 10.7 Å². The lowest BCUT2D eigenvalue weighted by Crippen LogP contribution is -2.36. The van der Waals surface area contributed by atoms with Gasteiger partial charge in [-0.15, -0.1) is 0 Å². The van der Waals surface area contributed by atoms with Crippen molar-refractivity contribution in [1.29, 1.82) is 0 Å². The fourth-order valence-electron chi connectivity index (χ4n) is 2.96. The van der Waals surface area contributed by atoms with Crippen molar-refractivity contribution in [2.45, 2.75) is 73.1 Å². The molecule has 124 valence electrons. The van der Waals surface area contributed by atoms with Crippen LogP contribution in [0, 0.1) is 12.3 Å². The molecule has 2 N–H and O–H groups in total. The SMILES string of the molecule is C=Cc1cc(C(C)(C)C)c(C)c(C(C)(C)C(C)(C)C)c1ON. The van der Waals surface area contributed by atoms with Crippen LogP contribution in [0.1, 0.15) is 77.6 Å². The fourth-order valence-corrected chi connectivity index (χ4v) is 2.96. The van der Waals surface area contributed by atoms with E-state index in [1.54, 1.807) is 0 Å². The molecule has 0 bridgehead atoms. The van der Waals surface area contributed by atoms with Crippen molar-refractivity contribution in [3.8, 4) is 5.75 Å². The summed E-state index contributed by atoms with van der Waals surface area (Å²) in [6.45, 7) is 24.1. The molecule has 1 rings (SSSR count). The van der Waals surface area contributed by atoms with Gasteiger partial charge in [0.2, 0.25) is 0 Å². The first-order chi connectivity index (χ1) is 9.79. The molecule has 0 saturated heterocycles. The van der Waals surface area contributed by atoms with E-state index < -0.39 is 0 Å². The van der Waals surface area contributed by atoms with E-state index in [-0.39, 0.29) is 16.2 Å². The summed E-state index contributed by atoms with van der Waals surface area (Å²) in [5.41, 5.74) is 4.76. The van der Waals surface area contributed by atoms with Gasteiger partial charge >= 0.3 is 0 Å². The Bertz CT molecular complexity index is 569. The summed E-state index contributed by atoms with van der Waals surface area (Å²) in [5.74, 6) is 6.40. The normalized spacial score (nSPS) is 13.2. The van der Waals surface area contributed by atoms with Gasteiger partial charge in [-0.3, -0.25) is 0 Å². The molecule has 0 unspecified atom stereocenters. The van der Waals surface area contributed by atoms with Crippen LogP contribution in [0.3, 0.4) is 0 Å². The minimum atomic E-state index is -0.0925. The van der Waals surface area contributed by atoms with E-state index in [1.807, 2.05) is 6.08 Å². The summed E-state index contributed by atoms with van der Waals surface area (Å²) >= 11 is 0. The zero-order chi connectivity index (χ0) is 17.5. The quantitative estimate of drug-likeness (QED) is 0.747. The highest BCUT2D eigenvalue weighted by Gasteiger charge is 2.40. The van der Waals surface area contributed by atoms with E-state index in [0.29, 0.717) is 0 Å². The maximum Gasteiger partial charge on any atom is 0.158 e. The zero-order valence-corrected chi connectivity index (χ0v) is 15.8. The zero-order valence-electron chi connectivity index (χ0n) is 15.8. The maximum absolute atomic E-state index is 5.65. The van der Waals surface area contributed by atoms with Crippen molar-refractivity contribution in [3.63, 3.8) is 0 Å². The van der Waals surface area contributed by atoms with Gasteiger partial charge in [-0.2, -0.15) is 5.90 Å². The van der Waals surface area contributed by atoms with Crippen LogP contribution >= 0.6 is 0 Å². The minimum Gasteiger partial charge on any atom is -0.411 e. The Hall–Kier alpha value is -1.28. The minimum absolute atomic E-state index is 0.0533. The maximum atomic E-state index is 5.65. The van der Waals surface area contributed by atoms with Gasteiger partial charge in [0.15, 0.2) is 5.75 Å². The lowest BCUT2D eigenvalue weighted by molar-refractivity contribution is 0.213. The first-order valence-electron chi connectivity index (χ1n) is 7.96. The van der Waals surface area contributed by atoms with Crippen molar-refractivity contribution in [2.24, 2.45) is 11.3 Å². The summed E-state index contributed by atoms with van der Waals surface area (Å²) in [5, 5.41) is 0. The van der Waals surface area contributed by atoms with Gasteiger partial charge in [0.1, 0.15) is 0 Å². The number of nitrogens with two attached hydrogens (primary N) is 1. The Labute approximate surface area is 136 Å². The largest absolute Gasteiger partial charge is 0.411 e.